The summed E-state index contributed by atoms with van der Waals surface area (Å²) in [6.07, 6.45) is 13.1. The fourth-order valence-corrected chi connectivity index (χ4v) is 10.3. The van der Waals surface area contributed by atoms with E-state index in [9.17, 15) is 0 Å². The van der Waals surface area contributed by atoms with Crippen molar-refractivity contribution in [2.75, 3.05) is 9.80 Å². The van der Waals surface area contributed by atoms with Crippen molar-refractivity contribution < 1.29 is 0 Å². The third kappa shape index (κ3) is 6.33. The van der Waals surface area contributed by atoms with Crippen molar-refractivity contribution in [1.29, 1.82) is 0 Å². The molecule has 2 nitrogen and oxygen atoms in total. The van der Waals surface area contributed by atoms with E-state index in [0.717, 1.165) is 25.7 Å². The van der Waals surface area contributed by atoms with Crippen LogP contribution in [0.3, 0.4) is 0 Å². The molecule has 2 heteroatoms. The van der Waals surface area contributed by atoms with Gasteiger partial charge in [-0.2, -0.15) is 0 Å². The van der Waals surface area contributed by atoms with Crippen molar-refractivity contribution in [2.45, 2.75) is 44.9 Å². The van der Waals surface area contributed by atoms with Gasteiger partial charge in [0.2, 0.25) is 0 Å². The van der Waals surface area contributed by atoms with Gasteiger partial charge < -0.3 is 9.80 Å². The van der Waals surface area contributed by atoms with Crippen LogP contribution >= 0.6 is 0 Å². The highest BCUT2D eigenvalue weighted by Gasteiger charge is 2.40. The lowest BCUT2D eigenvalue weighted by Crippen LogP contribution is -2.23. The quantitative estimate of drug-likeness (QED) is 0.142. The number of hydrogen-bond donors (Lipinski definition) is 0. The molecule has 2 heterocycles. The molecule has 0 unspecified atom stereocenters. The van der Waals surface area contributed by atoms with Crippen LogP contribution in [-0.4, -0.2) is 0 Å². The number of nitrogens with zero attached hydrogens (tertiary/aromatic N) is 2. The molecule has 0 N–H and O–H groups in total. The van der Waals surface area contributed by atoms with Crippen LogP contribution in [0.15, 0.2) is 182 Å². The molecule has 294 valence electrons. The SMILES string of the molecule is CCC1(CC)c2cc(/C=C/c3ccc(N4c5ccccc5Cc5ccccc54)cc3)ccc2-c2ccc(/C=C/c3ccc(N4c5ccccc5Cc5ccccc54)cc3)cc21. The maximum absolute atomic E-state index is 2.45. The maximum Gasteiger partial charge on any atom is 0.0497 e. The Morgan fingerprint density at radius 1 is 0.377 bits per heavy atom. The molecule has 8 aromatic rings. The summed E-state index contributed by atoms with van der Waals surface area (Å²) in [5, 5.41) is 0. The molecule has 3 aliphatic rings. The number of fused-ring (bicyclic) bond motifs is 7. The first-order valence-corrected chi connectivity index (χ1v) is 21.9. The zero-order chi connectivity index (χ0) is 40.9. The Bertz CT molecular complexity index is 2710. The van der Waals surface area contributed by atoms with E-state index in [2.05, 4.69) is 230 Å². The Kier molecular flexibility index (Phi) is 9.16. The van der Waals surface area contributed by atoms with E-state index in [4.69, 9.17) is 0 Å². The largest absolute Gasteiger partial charge is 0.310 e. The fourth-order valence-electron chi connectivity index (χ4n) is 10.3. The number of benzene rings is 8. The van der Waals surface area contributed by atoms with Gasteiger partial charge in [0.05, 0.1) is 0 Å². The van der Waals surface area contributed by atoms with Crippen LogP contribution in [0.5, 0.6) is 0 Å². The molecule has 2 aliphatic heterocycles. The van der Waals surface area contributed by atoms with Gasteiger partial charge in [0.1, 0.15) is 0 Å². The minimum absolute atomic E-state index is 0.0241. The molecule has 0 bridgehead atoms. The van der Waals surface area contributed by atoms with Crippen molar-refractivity contribution in [3.8, 4) is 11.1 Å². The third-order valence-corrected chi connectivity index (χ3v) is 13.5. The average Bonchev–Trinajstić information content (AvgIpc) is 3.59. The van der Waals surface area contributed by atoms with E-state index in [0.29, 0.717) is 0 Å². The van der Waals surface area contributed by atoms with Crippen molar-refractivity contribution >= 4 is 58.4 Å². The summed E-state index contributed by atoms with van der Waals surface area (Å²) in [5.74, 6) is 0. The van der Waals surface area contributed by atoms with Gasteiger partial charge in [-0.25, -0.2) is 0 Å². The third-order valence-electron chi connectivity index (χ3n) is 13.5. The predicted octanol–water partition coefficient (Wildman–Crippen LogP) is 15.9. The zero-order valence-corrected chi connectivity index (χ0v) is 34.9. The highest BCUT2D eigenvalue weighted by Crippen LogP contribution is 2.53. The Morgan fingerprint density at radius 2 is 0.689 bits per heavy atom. The fraction of sp³-hybridized carbons (Fsp3) is 0.119. The molecule has 0 fully saturated rings. The Balaban J connectivity index is 0.834. The summed E-state index contributed by atoms with van der Waals surface area (Å²) in [5.41, 5.74) is 23.3. The van der Waals surface area contributed by atoms with Gasteiger partial charge in [0.25, 0.3) is 0 Å². The minimum atomic E-state index is -0.0241. The van der Waals surface area contributed by atoms with E-state index in [1.807, 2.05) is 0 Å². The molecule has 0 atom stereocenters. The summed E-state index contributed by atoms with van der Waals surface area (Å²) in [4.78, 5) is 4.81. The first kappa shape index (κ1) is 36.9. The Morgan fingerprint density at radius 3 is 1.03 bits per heavy atom. The lowest BCUT2D eigenvalue weighted by Gasteiger charge is -2.33. The number of rotatable bonds is 8. The summed E-state index contributed by atoms with van der Waals surface area (Å²) in [6, 6.07) is 67.3. The van der Waals surface area contributed by atoms with Crippen molar-refractivity contribution in [1.82, 2.24) is 0 Å². The second kappa shape index (κ2) is 15.1. The molecule has 0 aromatic heterocycles. The molecule has 0 saturated carbocycles. The number of para-hydroxylation sites is 4. The summed E-state index contributed by atoms with van der Waals surface area (Å²) >= 11 is 0. The molecule has 11 rings (SSSR count). The Hall–Kier alpha value is -7.16. The van der Waals surface area contributed by atoms with Gasteiger partial charge in [-0.1, -0.05) is 172 Å². The van der Waals surface area contributed by atoms with Gasteiger partial charge in [-0.15, -0.1) is 0 Å². The monoisotopic (exact) mass is 784 g/mol. The van der Waals surface area contributed by atoms with Crippen molar-refractivity contribution in [2.24, 2.45) is 0 Å². The van der Waals surface area contributed by atoms with Gasteiger partial charge in [0, 0.05) is 52.4 Å². The zero-order valence-electron chi connectivity index (χ0n) is 34.9. The first-order chi connectivity index (χ1) is 30.1. The molecule has 0 amide bonds. The van der Waals surface area contributed by atoms with Gasteiger partial charge in [-0.3, -0.25) is 0 Å². The van der Waals surface area contributed by atoms with Crippen LogP contribution in [-0.2, 0) is 18.3 Å². The molecule has 0 radical (unpaired) electrons. The normalized spacial score (nSPS) is 14.3. The lowest BCUT2D eigenvalue weighted by atomic mass is 9.73. The van der Waals surface area contributed by atoms with E-state index in [-0.39, 0.29) is 5.41 Å². The molecular weight excluding hydrogens is 737 g/mol. The van der Waals surface area contributed by atoms with Crippen LogP contribution < -0.4 is 9.80 Å². The van der Waals surface area contributed by atoms with Crippen LogP contribution in [0, 0.1) is 0 Å². The topological polar surface area (TPSA) is 6.48 Å². The van der Waals surface area contributed by atoms with E-state index in [1.165, 1.54) is 101 Å². The molecule has 61 heavy (non-hydrogen) atoms. The van der Waals surface area contributed by atoms with E-state index in [1.54, 1.807) is 0 Å². The van der Waals surface area contributed by atoms with Crippen LogP contribution in [0.2, 0.25) is 0 Å². The number of anilines is 6. The molecular formula is C59H48N2. The molecule has 1 aliphatic carbocycles. The lowest BCUT2D eigenvalue weighted by molar-refractivity contribution is 0.490. The second-order valence-electron chi connectivity index (χ2n) is 16.8. The van der Waals surface area contributed by atoms with Crippen molar-refractivity contribution in [3.63, 3.8) is 0 Å². The Labute approximate surface area is 360 Å². The van der Waals surface area contributed by atoms with Crippen molar-refractivity contribution in [3.05, 3.63) is 238 Å². The van der Waals surface area contributed by atoms with Crippen LogP contribution in [0.1, 0.15) is 82.3 Å². The van der Waals surface area contributed by atoms with E-state index >= 15 is 0 Å². The highest BCUT2D eigenvalue weighted by atomic mass is 15.2. The second-order valence-corrected chi connectivity index (χ2v) is 16.8. The summed E-state index contributed by atoms with van der Waals surface area (Å²) in [7, 11) is 0. The maximum atomic E-state index is 2.45. The smallest absolute Gasteiger partial charge is 0.0497 e. The van der Waals surface area contributed by atoms with Gasteiger partial charge >= 0.3 is 0 Å². The summed E-state index contributed by atoms with van der Waals surface area (Å²) in [6.45, 7) is 4.71. The van der Waals surface area contributed by atoms with Gasteiger partial charge in [-0.05, 0) is 128 Å². The standard InChI is InChI=1S/C59H48N2/c1-3-59(4-2)53-37-43(23-21-41-25-31-49(32-26-41)60-55-17-9-5-13-45(55)39-46-14-6-10-18-56(46)60)29-35-51(53)52-36-30-44(38-54(52)59)24-22-42-27-33-50(34-28-42)61-57-19-11-7-15-47(57)40-48-16-8-12-20-58(48)61/h5-38H,3-4,39-40H2,1-2H3/b23-21+,24-22+. The van der Waals surface area contributed by atoms with Gasteiger partial charge in [0.15, 0.2) is 0 Å². The summed E-state index contributed by atoms with van der Waals surface area (Å²) < 4.78 is 0. The highest BCUT2D eigenvalue weighted by molar-refractivity contribution is 5.88. The first-order valence-electron chi connectivity index (χ1n) is 21.9. The molecule has 8 aromatic carbocycles. The molecule has 0 saturated heterocycles. The van der Waals surface area contributed by atoms with Crippen LogP contribution in [0.4, 0.5) is 34.1 Å². The van der Waals surface area contributed by atoms with E-state index < -0.39 is 0 Å². The van der Waals surface area contributed by atoms with Crippen LogP contribution in [0.25, 0.3) is 35.4 Å². The predicted molar refractivity (Wildman–Crippen MR) is 259 cm³/mol. The average molecular weight is 785 g/mol. The minimum Gasteiger partial charge on any atom is -0.310 e. The number of hydrogen-bond acceptors (Lipinski definition) is 2. The molecule has 0 spiro atoms.